The van der Waals surface area contributed by atoms with Gasteiger partial charge in [0, 0.05) is 11.6 Å². The Labute approximate surface area is 124 Å². The molecule has 0 atom stereocenters. The van der Waals surface area contributed by atoms with Crippen molar-refractivity contribution in [3.8, 4) is 0 Å². The lowest BCUT2D eigenvalue weighted by molar-refractivity contribution is 0.0947. The van der Waals surface area contributed by atoms with Crippen molar-refractivity contribution in [2.75, 3.05) is 0 Å². The van der Waals surface area contributed by atoms with Crippen LogP contribution in [0.15, 0.2) is 41.1 Å². The van der Waals surface area contributed by atoms with Gasteiger partial charge in [0.2, 0.25) is 0 Å². The second-order valence-corrected chi connectivity index (χ2v) is 5.62. The van der Waals surface area contributed by atoms with Gasteiger partial charge in [-0.2, -0.15) is 0 Å². The minimum atomic E-state index is -0.0819. The molecule has 1 aromatic heterocycles. The zero-order chi connectivity index (χ0) is 14.5. The van der Waals surface area contributed by atoms with Crippen LogP contribution < -0.4 is 5.32 Å². The fourth-order valence-electron chi connectivity index (χ4n) is 2.95. The molecule has 0 radical (unpaired) electrons. The van der Waals surface area contributed by atoms with E-state index < -0.39 is 0 Å². The molecule has 0 bridgehead atoms. The maximum absolute atomic E-state index is 12.1. The number of nitrogens with zero attached hydrogens (tertiary/aromatic N) is 1. The van der Waals surface area contributed by atoms with Crippen LogP contribution in [-0.2, 0) is 6.54 Å². The molecule has 0 unspecified atom stereocenters. The molecule has 0 spiro atoms. The van der Waals surface area contributed by atoms with E-state index in [0.717, 1.165) is 0 Å². The van der Waals surface area contributed by atoms with Crippen LogP contribution in [0.5, 0.6) is 0 Å². The molecule has 1 amide bonds. The van der Waals surface area contributed by atoms with Crippen LogP contribution in [0.1, 0.15) is 59.7 Å². The van der Waals surface area contributed by atoms with Gasteiger partial charge in [0.25, 0.3) is 5.91 Å². The van der Waals surface area contributed by atoms with Crippen LogP contribution in [0.4, 0.5) is 0 Å². The highest BCUT2D eigenvalue weighted by Gasteiger charge is 2.15. The summed E-state index contributed by atoms with van der Waals surface area (Å²) in [5.41, 5.74) is 2.05. The fraction of sp³-hybridized carbons (Fsp3) is 0.412. The molecule has 1 aliphatic rings. The lowest BCUT2D eigenvalue weighted by Gasteiger charge is -2.22. The number of benzene rings is 1. The van der Waals surface area contributed by atoms with Crippen molar-refractivity contribution in [2.45, 2.75) is 44.6 Å². The van der Waals surface area contributed by atoms with E-state index in [1.54, 1.807) is 12.3 Å². The number of aromatic nitrogens is 1. The largest absolute Gasteiger partial charge is 0.360 e. The highest BCUT2D eigenvalue weighted by Crippen LogP contribution is 2.32. The van der Waals surface area contributed by atoms with Gasteiger partial charge in [0.05, 0.1) is 12.7 Å². The molecule has 1 fully saturated rings. The summed E-state index contributed by atoms with van der Waals surface area (Å²) >= 11 is 0. The molecule has 4 heteroatoms. The van der Waals surface area contributed by atoms with Crippen molar-refractivity contribution in [1.82, 2.24) is 10.5 Å². The molecule has 4 nitrogen and oxygen atoms in total. The van der Waals surface area contributed by atoms with E-state index >= 15 is 0 Å². The standard InChI is InChI=1S/C17H20N2O2/c20-17(18-12-16-10-11-19-21-16)15-8-6-14(7-9-15)13-4-2-1-3-5-13/h6-11,13H,1-5,12H2,(H,18,20). The Morgan fingerprint density at radius 2 is 1.90 bits per heavy atom. The van der Waals surface area contributed by atoms with Crippen molar-refractivity contribution in [1.29, 1.82) is 0 Å². The summed E-state index contributed by atoms with van der Waals surface area (Å²) in [7, 11) is 0. The zero-order valence-electron chi connectivity index (χ0n) is 12.0. The number of hydrogen-bond donors (Lipinski definition) is 1. The summed E-state index contributed by atoms with van der Waals surface area (Å²) in [4.78, 5) is 12.1. The molecule has 3 rings (SSSR count). The van der Waals surface area contributed by atoms with Gasteiger partial charge in [-0.25, -0.2) is 0 Å². The fourth-order valence-corrected chi connectivity index (χ4v) is 2.95. The highest BCUT2D eigenvalue weighted by atomic mass is 16.5. The molecular formula is C17H20N2O2. The Morgan fingerprint density at radius 1 is 1.14 bits per heavy atom. The van der Waals surface area contributed by atoms with Crippen LogP contribution in [0.2, 0.25) is 0 Å². The molecule has 0 aliphatic heterocycles. The molecule has 2 aromatic rings. The predicted molar refractivity (Wildman–Crippen MR) is 79.9 cm³/mol. The van der Waals surface area contributed by atoms with Gasteiger partial charge in [-0.05, 0) is 36.5 Å². The van der Waals surface area contributed by atoms with Gasteiger partial charge >= 0.3 is 0 Å². The van der Waals surface area contributed by atoms with E-state index in [2.05, 4.69) is 22.6 Å². The zero-order valence-corrected chi connectivity index (χ0v) is 12.0. The van der Waals surface area contributed by atoms with Crippen LogP contribution >= 0.6 is 0 Å². The number of amides is 1. The number of nitrogens with one attached hydrogen (secondary N) is 1. The summed E-state index contributed by atoms with van der Waals surface area (Å²) in [5, 5.41) is 6.44. The second kappa shape index (κ2) is 6.57. The minimum Gasteiger partial charge on any atom is -0.360 e. The van der Waals surface area contributed by atoms with Crippen molar-refractivity contribution in [3.05, 3.63) is 53.4 Å². The van der Waals surface area contributed by atoms with E-state index in [0.29, 0.717) is 23.8 Å². The molecule has 1 N–H and O–H groups in total. The predicted octanol–water partition coefficient (Wildman–Crippen LogP) is 3.65. The number of carbonyl (C=O) groups excluding carboxylic acids is 1. The van der Waals surface area contributed by atoms with Crippen molar-refractivity contribution >= 4 is 5.91 Å². The maximum Gasteiger partial charge on any atom is 0.251 e. The number of rotatable bonds is 4. The number of carbonyl (C=O) groups is 1. The lowest BCUT2D eigenvalue weighted by Crippen LogP contribution is -2.22. The summed E-state index contributed by atoms with van der Waals surface area (Å²) < 4.78 is 4.95. The average Bonchev–Trinajstić information content (AvgIpc) is 3.07. The molecule has 1 aliphatic carbocycles. The maximum atomic E-state index is 12.1. The molecule has 1 aromatic carbocycles. The van der Waals surface area contributed by atoms with E-state index in [9.17, 15) is 4.79 Å². The first-order valence-corrected chi connectivity index (χ1v) is 7.60. The Kier molecular flexibility index (Phi) is 4.34. The quantitative estimate of drug-likeness (QED) is 0.932. The summed E-state index contributed by atoms with van der Waals surface area (Å²) in [6, 6.07) is 9.77. The second-order valence-electron chi connectivity index (χ2n) is 5.62. The van der Waals surface area contributed by atoms with E-state index in [-0.39, 0.29) is 5.91 Å². The van der Waals surface area contributed by atoms with E-state index in [1.165, 1.54) is 37.7 Å². The van der Waals surface area contributed by atoms with Crippen LogP contribution in [0.3, 0.4) is 0 Å². The van der Waals surface area contributed by atoms with Crippen LogP contribution in [-0.4, -0.2) is 11.1 Å². The van der Waals surface area contributed by atoms with Gasteiger partial charge in [0.1, 0.15) is 0 Å². The average molecular weight is 284 g/mol. The van der Waals surface area contributed by atoms with Gasteiger partial charge in [-0.1, -0.05) is 36.6 Å². The minimum absolute atomic E-state index is 0.0819. The SMILES string of the molecule is O=C(NCc1ccno1)c1ccc(C2CCCCC2)cc1. The smallest absolute Gasteiger partial charge is 0.251 e. The van der Waals surface area contributed by atoms with Crippen molar-refractivity contribution in [3.63, 3.8) is 0 Å². The first kappa shape index (κ1) is 13.9. The Balaban J connectivity index is 1.59. The summed E-state index contributed by atoms with van der Waals surface area (Å²) in [5.74, 6) is 1.24. The molecule has 110 valence electrons. The summed E-state index contributed by atoms with van der Waals surface area (Å²) in [6.45, 7) is 0.364. The molecule has 21 heavy (non-hydrogen) atoms. The third-order valence-corrected chi connectivity index (χ3v) is 4.16. The molecule has 1 heterocycles. The van der Waals surface area contributed by atoms with Gasteiger partial charge < -0.3 is 9.84 Å². The topological polar surface area (TPSA) is 55.1 Å². The highest BCUT2D eigenvalue weighted by molar-refractivity contribution is 5.94. The van der Waals surface area contributed by atoms with Crippen molar-refractivity contribution < 1.29 is 9.32 Å². The molecular weight excluding hydrogens is 264 g/mol. The van der Waals surface area contributed by atoms with Gasteiger partial charge in [0.15, 0.2) is 5.76 Å². The first-order chi connectivity index (χ1) is 10.3. The summed E-state index contributed by atoms with van der Waals surface area (Å²) in [6.07, 6.45) is 8.13. The molecule has 0 saturated heterocycles. The molecule has 1 saturated carbocycles. The third kappa shape index (κ3) is 3.51. The van der Waals surface area contributed by atoms with Crippen LogP contribution in [0.25, 0.3) is 0 Å². The van der Waals surface area contributed by atoms with Gasteiger partial charge in [-0.15, -0.1) is 0 Å². The van der Waals surface area contributed by atoms with Gasteiger partial charge in [-0.3, -0.25) is 4.79 Å². The Hall–Kier alpha value is -2.10. The normalized spacial score (nSPS) is 15.8. The third-order valence-electron chi connectivity index (χ3n) is 4.16. The lowest BCUT2D eigenvalue weighted by atomic mass is 9.84. The first-order valence-electron chi connectivity index (χ1n) is 7.60. The van der Waals surface area contributed by atoms with Crippen LogP contribution in [0, 0.1) is 0 Å². The number of hydrogen-bond acceptors (Lipinski definition) is 3. The van der Waals surface area contributed by atoms with E-state index in [4.69, 9.17) is 4.52 Å². The monoisotopic (exact) mass is 284 g/mol. The Bertz CT molecular complexity index is 569. The van der Waals surface area contributed by atoms with Crippen molar-refractivity contribution in [2.24, 2.45) is 0 Å². The van der Waals surface area contributed by atoms with E-state index in [1.807, 2.05) is 12.1 Å². The Morgan fingerprint density at radius 3 is 2.57 bits per heavy atom.